The third kappa shape index (κ3) is 5.12. The van der Waals surface area contributed by atoms with E-state index < -0.39 is 5.97 Å². The van der Waals surface area contributed by atoms with Gasteiger partial charge in [-0.05, 0) is 48.7 Å². The minimum absolute atomic E-state index is 0.333. The van der Waals surface area contributed by atoms with E-state index in [0.29, 0.717) is 18.2 Å². The normalized spacial score (nSPS) is 13.0. The van der Waals surface area contributed by atoms with Gasteiger partial charge < -0.3 is 15.0 Å². The first kappa shape index (κ1) is 20.7. The number of ether oxygens (including phenoxy) is 1. The van der Waals surface area contributed by atoms with Crippen LogP contribution in [0.15, 0.2) is 60.7 Å². The van der Waals surface area contributed by atoms with Crippen LogP contribution in [0.5, 0.6) is 0 Å². The average molecular weight is 418 g/mol. The zero-order valence-corrected chi connectivity index (χ0v) is 17.7. The van der Waals surface area contributed by atoms with Crippen molar-refractivity contribution < 1.29 is 14.3 Å². The molecule has 1 aliphatic rings. The van der Waals surface area contributed by atoms with Crippen molar-refractivity contribution in [3.63, 3.8) is 0 Å². The van der Waals surface area contributed by atoms with E-state index in [9.17, 15) is 9.59 Å². The van der Waals surface area contributed by atoms with Crippen molar-refractivity contribution in [3.05, 3.63) is 77.6 Å². The predicted octanol–water partition coefficient (Wildman–Crippen LogP) is 3.29. The van der Waals surface area contributed by atoms with Crippen LogP contribution in [0.2, 0.25) is 0 Å². The van der Waals surface area contributed by atoms with Gasteiger partial charge in [0, 0.05) is 32.2 Å². The number of rotatable bonds is 8. The van der Waals surface area contributed by atoms with Gasteiger partial charge in [-0.25, -0.2) is 9.48 Å². The number of benzene rings is 2. The molecule has 7 heteroatoms. The molecule has 1 aromatic heterocycles. The van der Waals surface area contributed by atoms with Gasteiger partial charge in [0.2, 0.25) is 0 Å². The number of para-hydroxylation sites is 1. The Morgan fingerprint density at radius 2 is 1.81 bits per heavy atom. The maximum Gasteiger partial charge on any atom is 0.357 e. The number of hydrogen-bond acceptors (Lipinski definition) is 5. The molecule has 0 saturated heterocycles. The van der Waals surface area contributed by atoms with E-state index in [2.05, 4.69) is 10.4 Å². The molecule has 0 spiro atoms. The van der Waals surface area contributed by atoms with Crippen LogP contribution in [0.25, 0.3) is 5.69 Å². The number of hydrogen-bond donors (Lipinski definition) is 1. The number of nitrogens with one attached hydrogen (secondary N) is 1. The highest BCUT2D eigenvalue weighted by Crippen LogP contribution is 2.39. The Hall–Kier alpha value is -3.61. The van der Waals surface area contributed by atoms with Gasteiger partial charge in [-0.2, -0.15) is 5.10 Å². The number of nitrogens with zero attached hydrogens (tertiary/aromatic N) is 3. The fraction of sp³-hybridized carbons (Fsp3) is 0.292. The lowest BCUT2D eigenvalue weighted by atomic mass is 10.2. The van der Waals surface area contributed by atoms with Crippen LogP contribution < -0.4 is 10.2 Å². The average Bonchev–Trinajstić information content (AvgIpc) is 3.55. The van der Waals surface area contributed by atoms with E-state index in [-0.39, 0.29) is 12.5 Å². The summed E-state index contributed by atoms with van der Waals surface area (Å²) in [5.41, 5.74) is 4.07. The molecule has 0 unspecified atom stereocenters. The number of aromatic nitrogens is 2. The largest absolute Gasteiger partial charge is 0.451 e. The molecule has 1 N–H and O–H groups in total. The van der Waals surface area contributed by atoms with E-state index in [4.69, 9.17) is 4.74 Å². The molecule has 7 nitrogen and oxygen atoms in total. The molecule has 160 valence electrons. The summed E-state index contributed by atoms with van der Waals surface area (Å²) in [5.74, 6) is -0.509. The van der Waals surface area contributed by atoms with Crippen molar-refractivity contribution in [3.8, 4) is 5.69 Å². The molecule has 0 aliphatic heterocycles. The highest BCUT2D eigenvalue weighted by molar-refractivity contribution is 5.90. The lowest BCUT2D eigenvalue weighted by molar-refractivity contribution is -0.124. The van der Waals surface area contributed by atoms with Gasteiger partial charge in [0.15, 0.2) is 12.3 Å². The quantitative estimate of drug-likeness (QED) is 0.568. The van der Waals surface area contributed by atoms with E-state index in [0.717, 1.165) is 35.5 Å². The fourth-order valence-corrected chi connectivity index (χ4v) is 3.26. The molecule has 0 atom stereocenters. The second kappa shape index (κ2) is 9.04. The second-order valence-electron chi connectivity index (χ2n) is 7.89. The number of anilines is 1. The number of carbonyl (C=O) groups is 2. The zero-order valence-electron chi connectivity index (χ0n) is 17.7. The van der Waals surface area contributed by atoms with E-state index in [1.165, 1.54) is 0 Å². The first-order valence-corrected chi connectivity index (χ1v) is 10.4. The summed E-state index contributed by atoms with van der Waals surface area (Å²) in [5, 5.41) is 7.38. The fourth-order valence-electron chi connectivity index (χ4n) is 3.26. The van der Waals surface area contributed by atoms with Crippen molar-refractivity contribution in [1.29, 1.82) is 0 Å². The summed E-state index contributed by atoms with van der Waals surface area (Å²) in [7, 11) is 3.95. The summed E-state index contributed by atoms with van der Waals surface area (Å²) in [6, 6.07) is 19.1. The van der Waals surface area contributed by atoms with Crippen LogP contribution in [-0.2, 0) is 16.1 Å². The molecule has 1 saturated carbocycles. The monoisotopic (exact) mass is 418 g/mol. The summed E-state index contributed by atoms with van der Waals surface area (Å²) >= 11 is 0. The minimum Gasteiger partial charge on any atom is -0.451 e. The smallest absolute Gasteiger partial charge is 0.357 e. The lowest BCUT2D eigenvalue weighted by Gasteiger charge is -2.13. The summed E-state index contributed by atoms with van der Waals surface area (Å²) in [4.78, 5) is 26.9. The van der Waals surface area contributed by atoms with Crippen molar-refractivity contribution in [2.24, 2.45) is 0 Å². The molecule has 31 heavy (non-hydrogen) atoms. The summed E-state index contributed by atoms with van der Waals surface area (Å²) < 4.78 is 6.88. The Morgan fingerprint density at radius 1 is 1.10 bits per heavy atom. The maximum absolute atomic E-state index is 12.7. The van der Waals surface area contributed by atoms with Crippen molar-refractivity contribution in [2.45, 2.75) is 25.3 Å². The summed E-state index contributed by atoms with van der Waals surface area (Å²) in [6.45, 7) is 0.0330. The first-order valence-electron chi connectivity index (χ1n) is 10.4. The topological polar surface area (TPSA) is 76.5 Å². The highest BCUT2D eigenvalue weighted by Gasteiger charge is 2.29. The van der Waals surface area contributed by atoms with Crippen LogP contribution >= 0.6 is 0 Å². The predicted molar refractivity (Wildman–Crippen MR) is 118 cm³/mol. The van der Waals surface area contributed by atoms with Crippen molar-refractivity contribution in [2.75, 3.05) is 25.6 Å². The first-order chi connectivity index (χ1) is 15.0. The zero-order chi connectivity index (χ0) is 21.8. The molecule has 0 radical (unpaired) electrons. The third-order valence-corrected chi connectivity index (χ3v) is 5.21. The Labute approximate surface area is 181 Å². The van der Waals surface area contributed by atoms with Crippen LogP contribution in [0.1, 0.15) is 40.5 Å². The van der Waals surface area contributed by atoms with Gasteiger partial charge >= 0.3 is 5.97 Å². The van der Waals surface area contributed by atoms with E-state index in [1.807, 2.05) is 73.6 Å². The molecule has 4 rings (SSSR count). The van der Waals surface area contributed by atoms with Crippen LogP contribution in [0.4, 0.5) is 5.69 Å². The summed E-state index contributed by atoms with van der Waals surface area (Å²) in [6.07, 6.45) is 2.16. The Morgan fingerprint density at radius 3 is 2.45 bits per heavy atom. The van der Waals surface area contributed by atoms with Gasteiger partial charge in [-0.15, -0.1) is 0 Å². The molecule has 2 aromatic carbocycles. The SMILES string of the molecule is CN(C)c1ccc(CNC(=O)COC(=O)c2cc(C3CC3)nn2-c2ccccc2)cc1. The third-order valence-electron chi connectivity index (χ3n) is 5.21. The second-order valence-corrected chi connectivity index (χ2v) is 7.89. The Bertz CT molecular complexity index is 1050. The van der Waals surface area contributed by atoms with E-state index in [1.54, 1.807) is 10.7 Å². The number of esters is 1. The molecule has 3 aromatic rings. The lowest BCUT2D eigenvalue weighted by Crippen LogP contribution is -2.28. The van der Waals surface area contributed by atoms with Gasteiger partial charge in [-0.3, -0.25) is 4.79 Å². The molecular weight excluding hydrogens is 392 g/mol. The van der Waals surface area contributed by atoms with Crippen LogP contribution in [0, 0.1) is 0 Å². The molecule has 0 bridgehead atoms. The van der Waals surface area contributed by atoms with E-state index >= 15 is 0 Å². The number of carbonyl (C=O) groups excluding carboxylic acids is 2. The van der Waals surface area contributed by atoms with Gasteiger partial charge in [0.25, 0.3) is 5.91 Å². The molecular formula is C24H26N4O3. The van der Waals surface area contributed by atoms with Crippen LogP contribution in [0.3, 0.4) is 0 Å². The standard InChI is InChI=1S/C24H26N4O3/c1-27(2)19-12-8-17(9-13-19)15-25-23(29)16-31-24(30)22-14-21(18-10-11-18)26-28(22)20-6-4-3-5-7-20/h3-9,12-14,18H,10-11,15-16H2,1-2H3,(H,25,29). The van der Waals surface area contributed by atoms with Gasteiger partial charge in [-0.1, -0.05) is 30.3 Å². The highest BCUT2D eigenvalue weighted by atomic mass is 16.5. The van der Waals surface area contributed by atoms with Crippen molar-refractivity contribution in [1.82, 2.24) is 15.1 Å². The molecule has 1 amide bonds. The maximum atomic E-state index is 12.7. The van der Waals surface area contributed by atoms with Gasteiger partial charge in [0.1, 0.15) is 0 Å². The molecule has 1 heterocycles. The van der Waals surface area contributed by atoms with Crippen molar-refractivity contribution >= 4 is 17.6 Å². The Balaban J connectivity index is 1.35. The number of amides is 1. The molecule has 1 aliphatic carbocycles. The van der Waals surface area contributed by atoms with Gasteiger partial charge in [0.05, 0.1) is 11.4 Å². The van der Waals surface area contributed by atoms with Crippen LogP contribution in [-0.4, -0.2) is 42.4 Å². The molecule has 1 fully saturated rings. The Kier molecular flexibility index (Phi) is 6.02. The minimum atomic E-state index is -0.561.